The third-order valence-corrected chi connectivity index (χ3v) is 6.42. The second-order valence-corrected chi connectivity index (χ2v) is 8.26. The van der Waals surface area contributed by atoms with Gasteiger partial charge in [-0.15, -0.1) is 0 Å². The van der Waals surface area contributed by atoms with Crippen LogP contribution in [0.2, 0.25) is 0 Å². The molecule has 0 atom stereocenters. The summed E-state index contributed by atoms with van der Waals surface area (Å²) in [6.45, 7) is 6.84. The van der Waals surface area contributed by atoms with E-state index in [1.54, 1.807) is 11.8 Å². The molecule has 3 aromatic rings. The fourth-order valence-electron chi connectivity index (χ4n) is 4.63. The highest BCUT2D eigenvalue weighted by molar-refractivity contribution is 5.97. The lowest BCUT2D eigenvalue weighted by atomic mass is 10.0. The average Bonchev–Trinajstić information content (AvgIpc) is 2.75. The molecule has 0 bridgehead atoms. The Morgan fingerprint density at radius 1 is 1.25 bits per heavy atom. The van der Waals surface area contributed by atoms with Crippen molar-refractivity contribution < 1.29 is 18.7 Å². The number of carbonyl (C=O) groups is 1. The van der Waals surface area contributed by atoms with Crippen LogP contribution in [0.3, 0.4) is 0 Å². The van der Waals surface area contributed by atoms with Gasteiger partial charge in [-0.25, -0.2) is 18.6 Å². The lowest BCUT2D eigenvalue weighted by molar-refractivity contribution is 0.0695. The number of rotatable bonds is 4. The van der Waals surface area contributed by atoms with Crippen molar-refractivity contribution in [1.82, 2.24) is 19.8 Å². The minimum Gasteiger partial charge on any atom is -0.477 e. The van der Waals surface area contributed by atoms with Gasteiger partial charge in [-0.05, 0) is 19.1 Å². The van der Waals surface area contributed by atoms with Gasteiger partial charge < -0.3 is 19.9 Å². The Morgan fingerprint density at radius 2 is 1.97 bits per heavy atom. The minimum absolute atomic E-state index is 0.0218. The molecule has 32 heavy (non-hydrogen) atoms. The first-order valence-electron chi connectivity index (χ1n) is 10.7. The number of nitrogens with zero attached hydrogens (tertiary/aromatic N) is 4. The number of carboxylic acids is 1. The first-order valence-corrected chi connectivity index (χ1v) is 10.7. The van der Waals surface area contributed by atoms with E-state index >= 15 is 4.39 Å². The van der Waals surface area contributed by atoms with Gasteiger partial charge in [-0.2, -0.15) is 0 Å². The molecule has 2 N–H and O–H groups in total. The standard InChI is InChI=1S/C22H23F2N5O3/c1-2-27-11-15(22(31)32)20(30)14-7-12-8-16(23)19(17(24)18(12)26-21(14)27)29-9-13(10-29)28-5-3-25-4-6-28/h7-8,11,13,25H,2-6,9-10H2,1H3,(H,31,32). The molecular weight excluding hydrogens is 420 g/mol. The maximum absolute atomic E-state index is 15.5. The van der Waals surface area contributed by atoms with Gasteiger partial charge in [-0.1, -0.05) is 0 Å². The summed E-state index contributed by atoms with van der Waals surface area (Å²) in [6.07, 6.45) is 1.21. The van der Waals surface area contributed by atoms with Crippen molar-refractivity contribution in [1.29, 1.82) is 0 Å². The van der Waals surface area contributed by atoms with E-state index in [9.17, 15) is 19.1 Å². The SMILES string of the molecule is CCn1cc(C(=O)O)c(=O)c2cc3cc(F)c(N4CC(N5CCNCC5)C4)c(F)c3nc21. The number of aromatic carboxylic acids is 1. The molecule has 0 unspecified atom stereocenters. The van der Waals surface area contributed by atoms with Gasteiger partial charge >= 0.3 is 5.97 Å². The zero-order valence-electron chi connectivity index (χ0n) is 17.6. The Morgan fingerprint density at radius 3 is 2.62 bits per heavy atom. The van der Waals surface area contributed by atoms with Gasteiger partial charge in [0.15, 0.2) is 5.82 Å². The van der Waals surface area contributed by atoms with E-state index in [1.807, 2.05) is 0 Å². The predicted octanol–water partition coefficient (Wildman–Crippen LogP) is 1.64. The van der Waals surface area contributed by atoms with E-state index in [0.717, 1.165) is 26.2 Å². The van der Waals surface area contributed by atoms with Gasteiger partial charge in [0.2, 0.25) is 5.43 Å². The van der Waals surface area contributed by atoms with E-state index in [-0.39, 0.29) is 33.7 Å². The number of hydrogen-bond donors (Lipinski definition) is 2. The molecule has 0 radical (unpaired) electrons. The molecule has 4 heterocycles. The van der Waals surface area contributed by atoms with Crippen LogP contribution >= 0.6 is 0 Å². The Balaban J connectivity index is 1.58. The van der Waals surface area contributed by atoms with Crippen LogP contribution in [-0.4, -0.2) is 70.8 Å². The van der Waals surface area contributed by atoms with Gasteiger partial charge in [-0.3, -0.25) is 9.69 Å². The van der Waals surface area contributed by atoms with E-state index in [0.29, 0.717) is 19.6 Å². The molecular formula is C22H23F2N5O3. The molecule has 2 saturated heterocycles. The molecule has 8 nitrogen and oxygen atoms in total. The molecule has 168 valence electrons. The summed E-state index contributed by atoms with van der Waals surface area (Å²) in [5.74, 6) is -2.85. The second kappa shape index (κ2) is 7.79. The van der Waals surface area contributed by atoms with Crippen molar-refractivity contribution in [3.63, 3.8) is 0 Å². The number of piperazine rings is 1. The van der Waals surface area contributed by atoms with Crippen molar-refractivity contribution in [3.05, 3.63) is 45.8 Å². The highest BCUT2D eigenvalue weighted by atomic mass is 19.1. The summed E-state index contributed by atoms with van der Waals surface area (Å²) >= 11 is 0. The van der Waals surface area contributed by atoms with Crippen molar-refractivity contribution >= 4 is 33.6 Å². The highest BCUT2D eigenvalue weighted by Crippen LogP contribution is 2.34. The van der Waals surface area contributed by atoms with Crippen molar-refractivity contribution in [2.45, 2.75) is 19.5 Å². The number of fused-ring (bicyclic) bond motifs is 2. The maximum atomic E-state index is 15.5. The van der Waals surface area contributed by atoms with E-state index in [2.05, 4.69) is 15.2 Å². The largest absolute Gasteiger partial charge is 0.477 e. The van der Waals surface area contributed by atoms with E-state index in [1.165, 1.54) is 22.9 Å². The number of anilines is 1. The normalized spacial score (nSPS) is 17.8. The average molecular weight is 443 g/mol. The van der Waals surface area contributed by atoms with Gasteiger partial charge in [0, 0.05) is 63.4 Å². The van der Waals surface area contributed by atoms with Crippen LogP contribution in [0.25, 0.3) is 21.9 Å². The van der Waals surface area contributed by atoms with Crippen LogP contribution in [0, 0.1) is 11.6 Å². The zero-order chi connectivity index (χ0) is 22.6. The fraction of sp³-hybridized carbons (Fsp3) is 0.409. The zero-order valence-corrected chi connectivity index (χ0v) is 17.6. The molecule has 0 saturated carbocycles. The van der Waals surface area contributed by atoms with Gasteiger partial charge in [0.1, 0.15) is 28.2 Å². The number of halogens is 2. The molecule has 1 aromatic carbocycles. The minimum atomic E-state index is -1.36. The maximum Gasteiger partial charge on any atom is 0.341 e. The number of aromatic nitrogens is 2. The summed E-state index contributed by atoms with van der Waals surface area (Å²) < 4.78 is 31.9. The first-order chi connectivity index (χ1) is 15.4. The smallest absolute Gasteiger partial charge is 0.341 e. The van der Waals surface area contributed by atoms with Crippen molar-refractivity contribution in [2.24, 2.45) is 0 Å². The van der Waals surface area contributed by atoms with Gasteiger partial charge in [0.25, 0.3) is 0 Å². The molecule has 2 aliphatic rings. The Hall–Kier alpha value is -3.11. The lowest BCUT2D eigenvalue weighted by Gasteiger charge is -2.48. The van der Waals surface area contributed by atoms with Crippen LogP contribution < -0.4 is 15.6 Å². The number of carboxylic acid groups (broad SMARTS) is 1. The Kier molecular flexibility index (Phi) is 5.06. The van der Waals surface area contributed by atoms with Gasteiger partial charge in [0.05, 0.1) is 5.39 Å². The summed E-state index contributed by atoms with van der Waals surface area (Å²) in [4.78, 5) is 32.4. The quantitative estimate of drug-likeness (QED) is 0.593. The number of benzene rings is 1. The monoisotopic (exact) mass is 443 g/mol. The molecule has 0 spiro atoms. The van der Waals surface area contributed by atoms with Crippen LogP contribution in [-0.2, 0) is 6.54 Å². The third kappa shape index (κ3) is 3.21. The predicted molar refractivity (Wildman–Crippen MR) is 117 cm³/mol. The molecule has 0 amide bonds. The molecule has 2 aromatic heterocycles. The molecule has 2 fully saturated rings. The van der Waals surface area contributed by atoms with Crippen molar-refractivity contribution in [3.8, 4) is 0 Å². The third-order valence-electron chi connectivity index (χ3n) is 6.42. The fourth-order valence-corrected chi connectivity index (χ4v) is 4.63. The lowest BCUT2D eigenvalue weighted by Crippen LogP contribution is -2.63. The number of nitrogens with one attached hydrogen (secondary N) is 1. The van der Waals surface area contributed by atoms with E-state index < -0.39 is 28.6 Å². The van der Waals surface area contributed by atoms with Crippen LogP contribution in [0.5, 0.6) is 0 Å². The molecule has 0 aliphatic carbocycles. The number of hydrogen-bond acceptors (Lipinski definition) is 6. The van der Waals surface area contributed by atoms with Crippen LogP contribution in [0.4, 0.5) is 14.5 Å². The molecule has 2 aliphatic heterocycles. The summed E-state index contributed by atoms with van der Waals surface area (Å²) in [5, 5.41) is 12.8. The van der Waals surface area contributed by atoms with Crippen molar-refractivity contribution in [2.75, 3.05) is 44.2 Å². The topological polar surface area (TPSA) is 90.7 Å². The summed E-state index contributed by atoms with van der Waals surface area (Å²) in [5.41, 5.74) is -1.10. The Labute approximate surface area is 182 Å². The number of pyridine rings is 2. The molecule has 10 heteroatoms. The van der Waals surface area contributed by atoms with E-state index in [4.69, 9.17) is 0 Å². The second-order valence-electron chi connectivity index (χ2n) is 8.26. The number of aryl methyl sites for hydroxylation is 1. The van der Waals surface area contributed by atoms with Crippen LogP contribution in [0.15, 0.2) is 23.1 Å². The summed E-state index contributed by atoms with van der Waals surface area (Å²) in [6, 6.07) is 2.76. The Bertz CT molecular complexity index is 1300. The summed E-state index contributed by atoms with van der Waals surface area (Å²) in [7, 11) is 0. The molecule has 5 rings (SSSR count). The first kappa shape index (κ1) is 20.8. The highest BCUT2D eigenvalue weighted by Gasteiger charge is 2.36. The van der Waals surface area contributed by atoms with Crippen LogP contribution in [0.1, 0.15) is 17.3 Å².